The average Bonchev–Trinajstić information content (AvgIpc) is 2.54. The van der Waals surface area contributed by atoms with Crippen LogP contribution >= 0.6 is 0 Å². The second kappa shape index (κ2) is 7.40. The second-order valence-electron chi connectivity index (χ2n) is 5.36. The molecule has 0 fully saturated rings. The number of para-hydroxylation sites is 2. The van der Waals surface area contributed by atoms with E-state index >= 15 is 0 Å². The van der Waals surface area contributed by atoms with Gasteiger partial charge < -0.3 is 10.2 Å². The van der Waals surface area contributed by atoms with Crippen molar-refractivity contribution in [1.29, 1.82) is 0 Å². The van der Waals surface area contributed by atoms with E-state index in [1.165, 1.54) is 6.07 Å². The van der Waals surface area contributed by atoms with Gasteiger partial charge in [-0.25, -0.2) is 0 Å². The first-order valence-corrected chi connectivity index (χ1v) is 7.23. The molecule has 6 heteroatoms. The smallest absolute Gasteiger partial charge is 0.274 e. The Balaban J connectivity index is 2.16. The molecule has 120 valence electrons. The number of nitro benzene ring substituents is 1. The predicted molar refractivity (Wildman–Crippen MR) is 89.3 cm³/mol. The van der Waals surface area contributed by atoms with Crippen molar-refractivity contribution >= 4 is 17.3 Å². The number of hydrogen-bond donors (Lipinski definition) is 1. The summed E-state index contributed by atoms with van der Waals surface area (Å²) < 4.78 is 0. The highest BCUT2D eigenvalue weighted by molar-refractivity contribution is 5.80. The van der Waals surface area contributed by atoms with E-state index in [0.717, 1.165) is 11.3 Å². The maximum atomic E-state index is 11.9. The van der Waals surface area contributed by atoms with E-state index in [9.17, 15) is 14.9 Å². The number of carbonyl (C=O) groups is 1. The van der Waals surface area contributed by atoms with Gasteiger partial charge in [-0.1, -0.05) is 36.4 Å². The van der Waals surface area contributed by atoms with Crippen molar-refractivity contribution in [3.8, 4) is 0 Å². The molecular formula is C17H19N3O3. The highest BCUT2D eigenvalue weighted by atomic mass is 16.6. The molecule has 0 aliphatic carbocycles. The summed E-state index contributed by atoms with van der Waals surface area (Å²) in [7, 11) is 3.43. The van der Waals surface area contributed by atoms with Crippen LogP contribution in [0.15, 0.2) is 48.5 Å². The van der Waals surface area contributed by atoms with Crippen LogP contribution < -0.4 is 5.32 Å². The molecule has 0 heterocycles. The largest absolute Gasteiger partial charge is 0.380 e. The summed E-state index contributed by atoms with van der Waals surface area (Å²) >= 11 is 0. The van der Waals surface area contributed by atoms with E-state index in [1.807, 2.05) is 24.3 Å². The molecule has 0 bridgehead atoms. The number of nitrogens with zero attached hydrogens (tertiary/aromatic N) is 2. The lowest BCUT2D eigenvalue weighted by molar-refractivity contribution is -0.385. The number of benzene rings is 2. The van der Waals surface area contributed by atoms with E-state index in [1.54, 1.807) is 37.2 Å². The van der Waals surface area contributed by atoms with Crippen molar-refractivity contribution in [2.45, 2.75) is 13.0 Å². The highest BCUT2D eigenvalue weighted by Crippen LogP contribution is 2.21. The van der Waals surface area contributed by atoms with Crippen LogP contribution in [0.4, 0.5) is 11.4 Å². The first kappa shape index (κ1) is 16.5. The summed E-state index contributed by atoms with van der Waals surface area (Å²) in [6.45, 7) is 0.324. The Morgan fingerprint density at radius 1 is 1.09 bits per heavy atom. The molecule has 0 saturated carbocycles. The fourth-order valence-electron chi connectivity index (χ4n) is 2.20. The molecule has 6 nitrogen and oxygen atoms in total. The number of nitro groups is 1. The molecular weight excluding hydrogens is 294 g/mol. The Morgan fingerprint density at radius 2 is 1.70 bits per heavy atom. The van der Waals surface area contributed by atoms with Gasteiger partial charge in [0.25, 0.3) is 5.69 Å². The van der Waals surface area contributed by atoms with E-state index < -0.39 is 4.92 Å². The van der Waals surface area contributed by atoms with Crippen LogP contribution in [0.3, 0.4) is 0 Å². The van der Waals surface area contributed by atoms with Gasteiger partial charge in [0.15, 0.2) is 0 Å². The number of rotatable bonds is 6. The Morgan fingerprint density at radius 3 is 2.35 bits per heavy atom. The zero-order valence-corrected chi connectivity index (χ0v) is 13.2. The number of carbonyl (C=O) groups excluding carboxylic acids is 1. The Hall–Kier alpha value is -2.89. The maximum absolute atomic E-state index is 11.9. The topological polar surface area (TPSA) is 75.5 Å². The molecule has 2 rings (SSSR count). The van der Waals surface area contributed by atoms with Crippen LogP contribution in [0.25, 0.3) is 0 Å². The van der Waals surface area contributed by atoms with E-state index in [4.69, 9.17) is 0 Å². The van der Waals surface area contributed by atoms with Gasteiger partial charge in [0.2, 0.25) is 5.91 Å². The van der Waals surface area contributed by atoms with Crippen LogP contribution in [0.2, 0.25) is 0 Å². The normalized spacial score (nSPS) is 10.2. The van der Waals surface area contributed by atoms with Gasteiger partial charge in [0.05, 0.1) is 11.3 Å². The van der Waals surface area contributed by atoms with Crippen molar-refractivity contribution in [2.24, 2.45) is 0 Å². The van der Waals surface area contributed by atoms with Gasteiger partial charge in [-0.3, -0.25) is 14.9 Å². The van der Waals surface area contributed by atoms with Gasteiger partial charge in [0, 0.05) is 38.0 Å². The average molecular weight is 313 g/mol. The summed E-state index contributed by atoms with van der Waals surface area (Å²) in [4.78, 5) is 24.1. The van der Waals surface area contributed by atoms with Gasteiger partial charge in [-0.15, -0.1) is 0 Å². The lowest BCUT2D eigenvalue weighted by Crippen LogP contribution is -2.23. The Bertz CT molecular complexity index is 714. The van der Waals surface area contributed by atoms with Crippen LogP contribution in [0.5, 0.6) is 0 Å². The third-order valence-electron chi connectivity index (χ3n) is 3.52. The minimum atomic E-state index is -0.390. The molecule has 23 heavy (non-hydrogen) atoms. The molecule has 1 amide bonds. The maximum Gasteiger partial charge on any atom is 0.274 e. The molecule has 0 unspecified atom stereocenters. The second-order valence-corrected chi connectivity index (χ2v) is 5.36. The van der Waals surface area contributed by atoms with E-state index in [2.05, 4.69) is 5.32 Å². The van der Waals surface area contributed by atoms with Crippen molar-refractivity contribution in [3.63, 3.8) is 0 Å². The Labute approximate surface area is 134 Å². The molecule has 1 N–H and O–H groups in total. The van der Waals surface area contributed by atoms with Gasteiger partial charge in [-0.05, 0) is 11.6 Å². The quantitative estimate of drug-likeness (QED) is 0.657. The lowest BCUT2D eigenvalue weighted by atomic mass is 10.1. The van der Waals surface area contributed by atoms with Crippen molar-refractivity contribution in [1.82, 2.24) is 4.90 Å². The van der Waals surface area contributed by atoms with E-state index in [-0.39, 0.29) is 18.0 Å². The molecule has 0 aromatic heterocycles. The number of anilines is 1. The highest BCUT2D eigenvalue weighted by Gasteiger charge is 2.13. The molecule has 2 aromatic rings. The molecule has 0 saturated heterocycles. The SMILES string of the molecule is CN(C)C(=O)Cc1ccccc1NCc1ccccc1[N+](=O)[O-]. The zero-order valence-electron chi connectivity index (χ0n) is 13.2. The molecule has 0 aliphatic heterocycles. The first-order chi connectivity index (χ1) is 11.0. The molecule has 0 radical (unpaired) electrons. The van der Waals surface area contributed by atoms with Crippen molar-refractivity contribution in [2.75, 3.05) is 19.4 Å². The Kier molecular flexibility index (Phi) is 5.30. The monoisotopic (exact) mass is 313 g/mol. The van der Waals surface area contributed by atoms with Gasteiger partial charge in [-0.2, -0.15) is 0 Å². The summed E-state index contributed by atoms with van der Waals surface area (Å²) in [5, 5.41) is 14.2. The zero-order chi connectivity index (χ0) is 16.8. The predicted octanol–water partition coefficient (Wildman–Crippen LogP) is 2.84. The lowest BCUT2D eigenvalue weighted by Gasteiger charge is -2.14. The minimum absolute atomic E-state index is 0.00458. The number of amides is 1. The standard InChI is InChI=1S/C17H19N3O3/c1-19(2)17(21)11-13-7-3-5-9-15(13)18-12-14-8-4-6-10-16(14)20(22)23/h3-10,18H,11-12H2,1-2H3. The summed E-state index contributed by atoms with van der Waals surface area (Å²) in [5.74, 6) is 0.00458. The fourth-order valence-corrected chi connectivity index (χ4v) is 2.20. The third kappa shape index (κ3) is 4.29. The minimum Gasteiger partial charge on any atom is -0.380 e. The van der Waals surface area contributed by atoms with Gasteiger partial charge >= 0.3 is 0 Å². The van der Waals surface area contributed by atoms with Crippen LogP contribution in [0.1, 0.15) is 11.1 Å². The summed E-state index contributed by atoms with van der Waals surface area (Å²) in [6.07, 6.45) is 0.285. The fraction of sp³-hybridized carbons (Fsp3) is 0.235. The number of hydrogen-bond acceptors (Lipinski definition) is 4. The molecule has 2 aromatic carbocycles. The first-order valence-electron chi connectivity index (χ1n) is 7.23. The van der Waals surface area contributed by atoms with Crippen LogP contribution in [-0.2, 0) is 17.8 Å². The van der Waals surface area contributed by atoms with Gasteiger partial charge in [0.1, 0.15) is 0 Å². The summed E-state index contributed by atoms with van der Waals surface area (Å²) in [6, 6.07) is 14.1. The molecule has 0 spiro atoms. The summed E-state index contributed by atoms with van der Waals surface area (Å²) in [5.41, 5.74) is 2.36. The van der Waals surface area contributed by atoms with E-state index in [0.29, 0.717) is 12.1 Å². The third-order valence-corrected chi connectivity index (χ3v) is 3.52. The number of likely N-dealkylation sites (N-methyl/N-ethyl adjacent to an activating group) is 1. The van der Waals surface area contributed by atoms with Crippen molar-refractivity contribution in [3.05, 3.63) is 69.8 Å². The van der Waals surface area contributed by atoms with Crippen molar-refractivity contribution < 1.29 is 9.72 Å². The molecule has 0 atom stereocenters. The number of nitrogens with one attached hydrogen (secondary N) is 1. The molecule has 0 aliphatic rings. The van der Waals surface area contributed by atoms with Crippen LogP contribution in [0, 0.1) is 10.1 Å². The van der Waals surface area contributed by atoms with Crippen LogP contribution in [-0.4, -0.2) is 29.8 Å².